The molecule has 0 saturated carbocycles. The second-order valence-electron chi connectivity index (χ2n) is 8.50. The molecule has 8 heteroatoms. The summed E-state index contributed by atoms with van der Waals surface area (Å²) < 4.78 is 26.2. The molecule has 0 saturated heterocycles. The van der Waals surface area contributed by atoms with Crippen LogP contribution in [-0.2, 0) is 26.2 Å². The molecule has 1 N–H and O–H groups in total. The molecule has 0 unspecified atom stereocenters. The van der Waals surface area contributed by atoms with Gasteiger partial charge in [-0.15, -0.1) is 0 Å². The predicted octanol–water partition coefficient (Wildman–Crippen LogP) is 3.87. The molecule has 1 atom stereocenters. The summed E-state index contributed by atoms with van der Waals surface area (Å²) in [5, 5.41) is 2.91. The number of aryl methyl sites for hydroxylation is 1. The number of benzene rings is 2. The zero-order valence-electron chi connectivity index (χ0n) is 20.7. The third kappa shape index (κ3) is 8.17. The number of carbonyl (C=O) groups excluding carboxylic acids is 2. The number of nitrogens with zero attached hydrogens (tertiary/aromatic N) is 2. The lowest BCUT2D eigenvalue weighted by molar-refractivity contribution is -0.141. The van der Waals surface area contributed by atoms with E-state index in [1.165, 1.54) is 10.6 Å². The summed E-state index contributed by atoms with van der Waals surface area (Å²) in [6, 6.07) is 16.3. The third-order valence-corrected chi connectivity index (χ3v) is 6.77. The SMILES string of the molecule is CCCNC(=O)[C@@H](CC)N(Cc1ccccc1)C(=O)CCCN(c1cccc(C)c1)S(C)(=O)=O. The fourth-order valence-electron chi connectivity index (χ4n) is 3.85. The zero-order valence-corrected chi connectivity index (χ0v) is 21.5. The van der Waals surface area contributed by atoms with E-state index in [-0.39, 0.29) is 24.8 Å². The summed E-state index contributed by atoms with van der Waals surface area (Å²) >= 11 is 0. The number of anilines is 1. The van der Waals surface area contributed by atoms with Gasteiger partial charge in [-0.1, -0.05) is 56.3 Å². The molecule has 34 heavy (non-hydrogen) atoms. The Balaban J connectivity index is 2.17. The van der Waals surface area contributed by atoms with Crippen molar-refractivity contribution in [1.29, 1.82) is 0 Å². The number of sulfonamides is 1. The largest absolute Gasteiger partial charge is 0.354 e. The molecular weight excluding hydrogens is 450 g/mol. The Morgan fingerprint density at radius 1 is 1.03 bits per heavy atom. The van der Waals surface area contributed by atoms with Crippen LogP contribution in [0.5, 0.6) is 0 Å². The summed E-state index contributed by atoms with van der Waals surface area (Å²) in [4.78, 5) is 27.8. The van der Waals surface area contributed by atoms with Crippen LogP contribution in [0, 0.1) is 6.92 Å². The van der Waals surface area contributed by atoms with Crippen LogP contribution in [0.1, 0.15) is 50.7 Å². The van der Waals surface area contributed by atoms with Gasteiger partial charge in [-0.2, -0.15) is 0 Å². The van der Waals surface area contributed by atoms with Crippen molar-refractivity contribution in [3.63, 3.8) is 0 Å². The first-order chi connectivity index (χ1) is 16.2. The molecule has 2 amide bonds. The molecule has 186 valence electrons. The first-order valence-electron chi connectivity index (χ1n) is 11.8. The van der Waals surface area contributed by atoms with Crippen LogP contribution in [0.25, 0.3) is 0 Å². The van der Waals surface area contributed by atoms with Crippen molar-refractivity contribution in [2.45, 2.75) is 59.0 Å². The lowest BCUT2D eigenvalue weighted by Crippen LogP contribution is -2.49. The highest BCUT2D eigenvalue weighted by atomic mass is 32.2. The van der Waals surface area contributed by atoms with Crippen LogP contribution < -0.4 is 9.62 Å². The Morgan fingerprint density at radius 2 is 1.74 bits per heavy atom. The maximum atomic E-state index is 13.3. The van der Waals surface area contributed by atoms with E-state index in [2.05, 4.69) is 5.32 Å². The molecule has 0 aliphatic rings. The maximum absolute atomic E-state index is 13.3. The number of hydrogen-bond donors (Lipinski definition) is 1. The topological polar surface area (TPSA) is 86.8 Å². The molecule has 0 heterocycles. The average molecular weight is 488 g/mol. The van der Waals surface area contributed by atoms with Gasteiger partial charge in [-0.3, -0.25) is 13.9 Å². The molecule has 0 bridgehead atoms. The molecule has 7 nitrogen and oxygen atoms in total. The lowest BCUT2D eigenvalue weighted by Gasteiger charge is -2.31. The van der Waals surface area contributed by atoms with Crippen molar-refractivity contribution in [2.24, 2.45) is 0 Å². The molecule has 0 spiro atoms. The van der Waals surface area contributed by atoms with E-state index < -0.39 is 16.1 Å². The van der Waals surface area contributed by atoms with Crippen molar-refractivity contribution < 1.29 is 18.0 Å². The monoisotopic (exact) mass is 487 g/mol. The molecule has 0 aromatic heterocycles. The van der Waals surface area contributed by atoms with E-state index in [0.717, 1.165) is 17.5 Å². The fourth-order valence-corrected chi connectivity index (χ4v) is 4.81. The first kappa shape index (κ1) is 27.4. The second-order valence-corrected chi connectivity index (χ2v) is 10.4. The van der Waals surface area contributed by atoms with Crippen LogP contribution in [0.15, 0.2) is 54.6 Å². The van der Waals surface area contributed by atoms with Gasteiger partial charge in [0.2, 0.25) is 21.8 Å². The Hall–Kier alpha value is -2.87. The standard InChI is InChI=1S/C26H37N3O4S/c1-5-17-27-26(31)24(6-2)28(20-22-13-8-7-9-14-22)25(30)16-11-18-29(34(4,32)33)23-15-10-12-21(3)19-23/h7-10,12-15,19,24H,5-6,11,16-18,20H2,1-4H3,(H,27,31)/t24-/m1/s1. The van der Waals surface area contributed by atoms with Crippen molar-refractivity contribution in [3.8, 4) is 0 Å². The average Bonchev–Trinajstić information content (AvgIpc) is 2.80. The summed E-state index contributed by atoms with van der Waals surface area (Å²) in [6.45, 7) is 6.85. The van der Waals surface area contributed by atoms with Crippen molar-refractivity contribution in [3.05, 3.63) is 65.7 Å². The maximum Gasteiger partial charge on any atom is 0.242 e. The summed E-state index contributed by atoms with van der Waals surface area (Å²) in [5.74, 6) is -0.328. The van der Waals surface area contributed by atoms with Gasteiger partial charge < -0.3 is 10.2 Å². The normalized spacial score (nSPS) is 12.1. The molecule has 2 aromatic carbocycles. The number of hydrogen-bond acceptors (Lipinski definition) is 4. The predicted molar refractivity (Wildman–Crippen MR) is 137 cm³/mol. The van der Waals surface area contributed by atoms with E-state index >= 15 is 0 Å². The zero-order chi connectivity index (χ0) is 25.1. The Morgan fingerprint density at radius 3 is 2.32 bits per heavy atom. The van der Waals surface area contributed by atoms with Gasteiger partial charge in [-0.05, 0) is 49.4 Å². The third-order valence-electron chi connectivity index (χ3n) is 5.57. The van der Waals surface area contributed by atoms with Gasteiger partial charge in [0.25, 0.3) is 0 Å². The van der Waals surface area contributed by atoms with Crippen LogP contribution in [-0.4, -0.2) is 50.5 Å². The molecule has 0 fully saturated rings. The molecular formula is C26H37N3O4S. The van der Waals surface area contributed by atoms with Gasteiger partial charge >= 0.3 is 0 Å². The van der Waals surface area contributed by atoms with E-state index in [1.54, 1.807) is 11.0 Å². The van der Waals surface area contributed by atoms with Gasteiger partial charge in [0.1, 0.15) is 6.04 Å². The van der Waals surface area contributed by atoms with Crippen molar-refractivity contribution in [2.75, 3.05) is 23.7 Å². The Labute approximate surface area is 204 Å². The highest BCUT2D eigenvalue weighted by molar-refractivity contribution is 7.92. The minimum Gasteiger partial charge on any atom is -0.354 e. The quantitative estimate of drug-likeness (QED) is 0.465. The van der Waals surface area contributed by atoms with E-state index in [0.29, 0.717) is 31.6 Å². The van der Waals surface area contributed by atoms with Gasteiger partial charge in [0, 0.05) is 26.1 Å². The van der Waals surface area contributed by atoms with Crippen molar-refractivity contribution in [1.82, 2.24) is 10.2 Å². The van der Waals surface area contributed by atoms with Gasteiger partial charge in [0.05, 0.1) is 11.9 Å². The fraction of sp³-hybridized carbons (Fsp3) is 0.462. The highest BCUT2D eigenvalue weighted by Gasteiger charge is 2.28. The van der Waals surface area contributed by atoms with Crippen LogP contribution >= 0.6 is 0 Å². The molecule has 0 aliphatic carbocycles. The number of nitrogens with one attached hydrogen (secondary N) is 1. The number of amides is 2. The molecule has 0 aliphatic heterocycles. The number of rotatable bonds is 13. The van der Waals surface area contributed by atoms with E-state index in [1.807, 2.05) is 69.3 Å². The van der Waals surface area contributed by atoms with Crippen LogP contribution in [0.3, 0.4) is 0 Å². The van der Waals surface area contributed by atoms with Crippen LogP contribution in [0.4, 0.5) is 5.69 Å². The summed E-state index contributed by atoms with van der Waals surface area (Å²) in [6.07, 6.45) is 2.96. The van der Waals surface area contributed by atoms with E-state index in [9.17, 15) is 18.0 Å². The van der Waals surface area contributed by atoms with Gasteiger partial charge in [-0.25, -0.2) is 8.42 Å². The van der Waals surface area contributed by atoms with E-state index in [4.69, 9.17) is 0 Å². The Kier molecular flexibility index (Phi) is 10.6. The molecule has 2 aromatic rings. The number of carbonyl (C=O) groups is 2. The van der Waals surface area contributed by atoms with Gasteiger partial charge in [0.15, 0.2) is 0 Å². The summed E-state index contributed by atoms with van der Waals surface area (Å²) in [5.41, 5.74) is 2.48. The first-order valence-corrected chi connectivity index (χ1v) is 13.7. The summed E-state index contributed by atoms with van der Waals surface area (Å²) in [7, 11) is -3.50. The Bertz CT molecular complexity index is 1040. The second kappa shape index (κ2) is 13.1. The smallest absolute Gasteiger partial charge is 0.242 e. The molecule has 2 rings (SSSR count). The molecule has 0 radical (unpaired) electrons. The lowest BCUT2D eigenvalue weighted by atomic mass is 10.1. The van der Waals surface area contributed by atoms with Crippen LogP contribution in [0.2, 0.25) is 0 Å². The highest BCUT2D eigenvalue weighted by Crippen LogP contribution is 2.20. The minimum atomic E-state index is -3.50. The minimum absolute atomic E-state index is 0.141. The van der Waals surface area contributed by atoms with Crippen molar-refractivity contribution >= 4 is 27.5 Å².